The number of ketones is 2. The van der Waals surface area contributed by atoms with Crippen molar-refractivity contribution in [2.45, 2.75) is 111 Å². The number of hydrogen-bond acceptors (Lipinski definition) is 5. The van der Waals surface area contributed by atoms with Gasteiger partial charge in [-0.2, -0.15) is 0 Å². The van der Waals surface area contributed by atoms with E-state index >= 15 is 0 Å². The molecule has 5 unspecified atom stereocenters. The second-order valence-electron chi connectivity index (χ2n) is 15.1. The van der Waals surface area contributed by atoms with E-state index in [1.165, 1.54) is 19.3 Å². The van der Waals surface area contributed by atoms with Gasteiger partial charge >= 0.3 is 6.09 Å². The van der Waals surface area contributed by atoms with Crippen LogP contribution in [0.1, 0.15) is 105 Å². The zero-order valence-corrected chi connectivity index (χ0v) is 24.5. The number of aliphatic hydroxyl groups is 1. The second-order valence-corrected chi connectivity index (χ2v) is 15.1. The number of carbonyl (C=O) groups is 3. The molecule has 1 N–H and O–H groups in total. The lowest BCUT2D eigenvalue weighted by molar-refractivity contribution is -0.172. The second kappa shape index (κ2) is 10.2. The van der Waals surface area contributed by atoms with Crippen molar-refractivity contribution in [1.29, 1.82) is 0 Å². The molecule has 5 rings (SSSR count). The summed E-state index contributed by atoms with van der Waals surface area (Å²) in [4.78, 5) is 41.0. The van der Waals surface area contributed by atoms with E-state index in [0.29, 0.717) is 30.0 Å². The molecule has 38 heavy (non-hydrogen) atoms. The summed E-state index contributed by atoms with van der Waals surface area (Å²) in [5.74, 6) is 2.39. The highest BCUT2D eigenvalue weighted by molar-refractivity contribution is 5.91. The van der Waals surface area contributed by atoms with E-state index in [2.05, 4.69) is 13.8 Å². The standard InChI is InChI=1S/C32H51NO5/c1-30(2,3)38-29(37)33-16-12-20(13-17-33)6-7-21-10-14-31(4)24-11-15-32(5)23(8-9-26(32)35)27(24)28(36)22(19-34)25(31)18-21/h20-25,27,34H,6-19H2,1-5H3/t21?,22-,23?,24?,25?,27?,31-,32+/m1/s1. The Morgan fingerprint density at radius 1 is 0.947 bits per heavy atom. The van der Waals surface area contributed by atoms with Gasteiger partial charge in [-0.25, -0.2) is 4.79 Å². The Balaban J connectivity index is 1.19. The Hall–Kier alpha value is -1.43. The summed E-state index contributed by atoms with van der Waals surface area (Å²) >= 11 is 0. The molecule has 4 saturated carbocycles. The Morgan fingerprint density at radius 3 is 2.29 bits per heavy atom. The van der Waals surface area contributed by atoms with Crippen molar-refractivity contribution < 1.29 is 24.2 Å². The molecule has 0 aromatic rings. The molecule has 4 aliphatic carbocycles. The molecule has 0 aromatic heterocycles. The van der Waals surface area contributed by atoms with Gasteiger partial charge in [-0.1, -0.05) is 26.7 Å². The fraction of sp³-hybridized carbons (Fsp3) is 0.906. The lowest BCUT2D eigenvalue weighted by Gasteiger charge is -2.61. The molecule has 214 valence electrons. The lowest BCUT2D eigenvalue weighted by Crippen LogP contribution is -2.61. The smallest absolute Gasteiger partial charge is 0.410 e. The van der Waals surface area contributed by atoms with Gasteiger partial charge in [-0.05, 0) is 107 Å². The van der Waals surface area contributed by atoms with Gasteiger partial charge in [-0.3, -0.25) is 9.59 Å². The van der Waals surface area contributed by atoms with Gasteiger partial charge in [0.05, 0.1) is 6.61 Å². The van der Waals surface area contributed by atoms with Gasteiger partial charge in [0.2, 0.25) is 0 Å². The molecular formula is C32H51NO5. The third kappa shape index (κ3) is 4.86. The number of carbonyl (C=O) groups excluding carboxylic acids is 3. The molecule has 6 nitrogen and oxygen atoms in total. The summed E-state index contributed by atoms with van der Waals surface area (Å²) in [6.45, 7) is 11.8. The topological polar surface area (TPSA) is 83.9 Å². The number of aliphatic hydroxyl groups excluding tert-OH is 1. The highest BCUT2D eigenvalue weighted by atomic mass is 16.6. The van der Waals surface area contributed by atoms with E-state index in [0.717, 1.165) is 58.0 Å². The minimum absolute atomic E-state index is 0.0368. The molecule has 0 spiro atoms. The summed E-state index contributed by atoms with van der Waals surface area (Å²) in [5.41, 5.74) is -0.688. The monoisotopic (exact) mass is 529 g/mol. The van der Waals surface area contributed by atoms with Crippen molar-refractivity contribution in [3.8, 4) is 0 Å². The first-order valence-corrected chi connectivity index (χ1v) is 15.5. The number of Topliss-reactive ketones (excluding diaryl/α,β-unsaturated/α-hetero) is 2. The number of amides is 1. The van der Waals surface area contributed by atoms with E-state index < -0.39 is 5.60 Å². The molecule has 5 fully saturated rings. The van der Waals surface area contributed by atoms with Crippen molar-refractivity contribution in [3.05, 3.63) is 0 Å². The summed E-state index contributed by atoms with van der Waals surface area (Å²) in [7, 11) is 0. The number of nitrogens with zero attached hydrogens (tertiary/aromatic N) is 1. The van der Waals surface area contributed by atoms with Crippen LogP contribution in [0.3, 0.4) is 0 Å². The fourth-order valence-corrected chi connectivity index (χ4v) is 9.71. The van der Waals surface area contributed by atoms with Gasteiger partial charge in [-0.15, -0.1) is 0 Å². The van der Waals surface area contributed by atoms with E-state index in [9.17, 15) is 19.5 Å². The number of ether oxygens (including phenoxy) is 1. The van der Waals surface area contributed by atoms with Crippen LogP contribution in [-0.4, -0.2) is 53.0 Å². The minimum Gasteiger partial charge on any atom is -0.444 e. The number of rotatable bonds is 4. The van der Waals surface area contributed by atoms with Gasteiger partial charge in [0, 0.05) is 36.8 Å². The van der Waals surface area contributed by atoms with Crippen LogP contribution >= 0.6 is 0 Å². The molecule has 1 heterocycles. The number of fused-ring (bicyclic) bond motifs is 5. The normalized spacial score (nSPS) is 41.9. The zero-order valence-electron chi connectivity index (χ0n) is 24.5. The average molecular weight is 530 g/mol. The third-order valence-electron chi connectivity index (χ3n) is 12.0. The van der Waals surface area contributed by atoms with Gasteiger partial charge in [0.25, 0.3) is 0 Å². The minimum atomic E-state index is -0.456. The maximum Gasteiger partial charge on any atom is 0.410 e. The fourth-order valence-electron chi connectivity index (χ4n) is 9.71. The zero-order chi connectivity index (χ0) is 27.5. The Morgan fingerprint density at radius 2 is 1.63 bits per heavy atom. The molecule has 1 aliphatic heterocycles. The first kappa shape index (κ1) is 28.1. The maximum absolute atomic E-state index is 14.0. The molecule has 1 amide bonds. The number of piperidine rings is 1. The lowest BCUT2D eigenvalue weighted by atomic mass is 9.42. The summed E-state index contributed by atoms with van der Waals surface area (Å²) in [6.07, 6.45) is 11.0. The number of hydrogen-bond donors (Lipinski definition) is 1. The van der Waals surface area contributed by atoms with E-state index in [1.54, 1.807) is 0 Å². The molecule has 8 atom stereocenters. The van der Waals surface area contributed by atoms with Crippen LogP contribution in [-0.2, 0) is 14.3 Å². The first-order chi connectivity index (χ1) is 17.9. The van der Waals surface area contributed by atoms with Crippen molar-refractivity contribution in [3.63, 3.8) is 0 Å². The average Bonchev–Trinajstić information content (AvgIpc) is 3.17. The largest absolute Gasteiger partial charge is 0.444 e. The van der Waals surface area contributed by atoms with E-state index in [-0.39, 0.29) is 53.0 Å². The summed E-state index contributed by atoms with van der Waals surface area (Å²) < 4.78 is 5.55. The summed E-state index contributed by atoms with van der Waals surface area (Å²) in [5, 5.41) is 10.5. The van der Waals surface area contributed by atoms with Gasteiger partial charge in [0.15, 0.2) is 0 Å². The van der Waals surface area contributed by atoms with E-state index in [4.69, 9.17) is 4.74 Å². The maximum atomic E-state index is 14.0. The molecule has 0 aromatic carbocycles. The molecule has 0 bridgehead atoms. The molecule has 1 saturated heterocycles. The Kier molecular flexibility index (Phi) is 7.54. The third-order valence-corrected chi connectivity index (χ3v) is 12.0. The quantitative estimate of drug-likeness (QED) is 0.480. The predicted molar refractivity (Wildman–Crippen MR) is 146 cm³/mol. The van der Waals surface area contributed by atoms with Gasteiger partial charge < -0.3 is 14.7 Å². The van der Waals surface area contributed by atoms with Crippen LogP contribution in [0.5, 0.6) is 0 Å². The van der Waals surface area contributed by atoms with Crippen LogP contribution in [0.4, 0.5) is 4.79 Å². The van der Waals surface area contributed by atoms with Crippen LogP contribution in [0.25, 0.3) is 0 Å². The Labute approximate surface area is 229 Å². The molecule has 6 heteroatoms. The van der Waals surface area contributed by atoms with Crippen LogP contribution in [0.2, 0.25) is 0 Å². The van der Waals surface area contributed by atoms with E-state index in [1.807, 2.05) is 25.7 Å². The van der Waals surface area contributed by atoms with Crippen molar-refractivity contribution in [2.75, 3.05) is 19.7 Å². The first-order valence-electron chi connectivity index (χ1n) is 15.5. The van der Waals surface area contributed by atoms with Crippen molar-refractivity contribution in [1.82, 2.24) is 4.90 Å². The Bertz CT molecular complexity index is 933. The van der Waals surface area contributed by atoms with Crippen molar-refractivity contribution in [2.24, 2.45) is 52.3 Å². The predicted octanol–water partition coefficient (Wildman–Crippen LogP) is 6.04. The molecule has 5 aliphatic rings. The SMILES string of the molecule is CC(C)(C)OC(=O)N1CCC(CCC2CC[C@]3(C)C4CC[C@]5(C)C(=O)CCC5C4C(=O)[C@H](CO)C3C2)CC1. The van der Waals surface area contributed by atoms with Crippen molar-refractivity contribution >= 4 is 17.7 Å². The highest BCUT2D eigenvalue weighted by Gasteiger charge is 2.65. The van der Waals surface area contributed by atoms with Crippen LogP contribution in [0.15, 0.2) is 0 Å². The highest BCUT2D eigenvalue weighted by Crippen LogP contribution is 2.66. The molecule has 0 radical (unpaired) electrons. The van der Waals surface area contributed by atoms with Gasteiger partial charge in [0.1, 0.15) is 17.2 Å². The van der Waals surface area contributed by atoms with Crippen LogP contribution < -0.4 is 0 Å². The number of likely N-dealkylation sites (tertiary alicyclic amines) is 1. The summed E-state index contributed by atoms with van der Waals surface area (Å²) in [6, 6.07) is 0. The molecular weight excluding hydrogens is 478 g/mol. The van der Waals surface area contributed by atoms with Crippen LogP contribution in [0, 0.1) is 52.3 Å².